The van der Waals surface area contributed by atoms with Crippen LogP contribution < -0.4 is 15.5 Å². The molecule has 0 atom stereocenters. The molecule has 2 N–H and O–H groups in total. The molecule has 0 bridgehead atoms. The maximum Gasteiger partial charge on any atom is 0.319 e. The molecule has 1 fully saturated rings. The van der Waals surface area contributed by atoms with Crippen molar-refractivity contribution in [1.82, 2.24) is 10.2 Å². The minimum absolute atomic E-state index is 0.182. The lowest BCUT2D eigenvalue weighted by molar-refractivity contribution is 0.240. The zero-order chi connectivity index (χ0) is 18.4. The van der Waals surface area contributed by atoms with Crippen LogP contribution in [0.25, 0.3) is 0 Å². The monoisotopic (exact) mass is 356 g/mol. The summed E-state index contributed by atoms with van der Waals surface area (Å²) < 4.78 is 13.0. The van der Waals surface area contributed by atoms with Crippen LogP contribution >= 0.6 is 0 Å². The van der Waals surface area contributed by atoms with E-state index in [1.165, 1.54) is 12.1 Å². The molecule has 2 aromatic rings. The van der Waals surface area contributed by atoms with Crippen molar-refractivity contribution in [3.63, 3.8) is 0 Å². The number of aryl methyl sites for hydroxylation is 1. The van der Waals surface area contributed by atoms with Crippen molar-refractivity contribution >= 4 is 17.4 Å². The lowest BCUT2D eigenvalue weighted by Gasteiger charge is -2.36. The fourth-order valence-corrected chi connectivity index (χ4v) is 3.02. The van der Waals surface area contributed by atoms with Gasteiger partial charge in [0.2, 0.25) is 0 Å². The van der Waals surface area contributed by atoms with Crippen LogP contribution in [0.5, 0.6) is 0 Å². The Labute approximate surface area is 153 Å². The largest absolute Gasteiger partial charge is 0.369 e. The highest BCUT2D eigenvalue weighted by Gasteiger charge is 2.17. The van der Waals surface area contributed by atoms with Crippen molar-refractivity contribution in [2.24, 2.45) is 0 Å². The first-order chi connectivity index (χ1) is 12.6. The third kappa shape index (κ3) is 5.20. The van der Waals surface area contributed by atoms with Gasteiger partial charge in [-0.2, -0.15) is 0 Å². The topological polar surface area (TPSA) is 47.6 Å². The van der Waals surface area contributed by atoms with Gasteiger partial charge < -0.3 is 15.5 Å². The molecule has 1 aliphatic heterocycles. The van der Waals surface area contributed by atoms with Gasteiger partial charge in [0, 0.05) is 50.6 Å². The Bertz CT molecular complexity index is 710. The third-order valence-electron chi connectivity index (χ3n) is 4.59. The van der Waals surface area contributed by atoms with Crippen LogP contribution in [0.2, 0.25) is 0 Å². The Kier molecular flexibility index (Phi) is 6.07. The van der Waals surface area contributed by atoms with Gasteiger partial charge in [-0.25, -0.2) is 9.18 Å². The Morgan fingerprint density at radius 2 is 1.65 bits per heavy atom. The van der Waals surface area contributed by atoms with E-state index in [1.807, 2.05) is 43.3 Å². The summed E-state index contributed by atoms with van der Waals surface area (Å²) in [5.41, 5.74) is 3.01. The molecule has 138 valence electrons. The van der Waals surface area contributed by atoms with Gasteiger partial charge in [-0.15, -0.1) is 0 Å². The predicted octanol–water partition coefficient (Wildman–Crippen LogP) is 3.08. The van der Waals surface area contributed by atoms with Crippen LogP contribution in [0.3, 0.4) is 0 Å². The zero-order valence-corrected chi connectivity index (χ0v) is 15.0. The summed E-state index contributed by atoms with van der Waals surface area (Å²) in [4.78, 5) is 16.5. The molecule has 26 heavy (non-hydrogen) atoms. The summed E-state index contributed by atoms with van der Waals surface area (Å²) in [5.74, 6) is -0.206. The van der Waals surface area contributed by atoms with Crippen LogP contribution in [0.4, 0.5) is 20.6 Å². The van der Waals surface area contributed by atoms with Crippen molar-refractivity contribution in [1.29, 1.82) is 0 Å². The van der Waals surface area contributed by atoms with Gasteiger partial charge in [0.15, 0.2) is 0 Å². The number of carbonyl (C=O) groups excluding carboxylic acids is 1. The Morgan fingerprint density at radius 1 is 1.00 bits per heavy atom. The van der Waals surface area contributed by atoms with Crippen LogP contribution in [0, 0.1) is 12.7 Å². The van der Waals surface area contributed by atoms with Gasteiger partial charge in [0.25, 0.3) is 0 Å². The number of rotatable bonds is 5. The van der Waals surface area contributed by atoms with E-state index in [0.29, 0.717) is 6.54 Å². The predicted molar refractivity (Wildman–Crippen MR) is 103 cm³/mol. The lowest BCUT2D eigenvalue weighted by Crippen LogP contribution is -2.48. The molecule has 3 rings (SSSR count). The van der Waals surface area contributed by atoms with E-state index in [0.717, 1.165) is 49.7 Å². The van der Waals surface area contributed by atoms with E-state index in [2.05, 4.69) is 20.4 Å². The second-order valence-corrected chi connectivity index (χ2v) is 6.55. The van der Waals surface area contributed by atoms with Crippen LogP contribution in [-0.2, 0) is 0 Å². The highest BCUT2D eigenvalue weighted by molar-refractivity contribution is 5.89. The van der Waals surface area contributed by atoms with Crippen LogP contribution in [-0.4, -0.2) is 50.2 Å². The molecule has 6 heteroatoms. The fourth-order valence-electron chi connectivity index (χ4n) is 3.02. The highest BCUT2D eigenvalue weighted by Crippen LogP contribution is 2.16. The minimum Gasteiger partial charge on any atom is -0.369 e. The van der Waals surface area contributed by atoms with Gasteiger partial charge >= 0.3 is 6.03 Å². The van der Waals surface area contributed by atoms with Crippen molar-refractivity contribution in [3.05, 3.63) is 59.9 Å². The number of benzene rings is 2. The molecule has 2 amide bonds. The molecule has 0 aliphatic carbocycles. The van der Waals surface area contributed by atoms with E-state index in [4.69, 9.17) is 0 Å². The maximum atomic E-state index is 13.0. The SMILES string of the molecule is Cc1ccc(NC(=O)NCCN2CCN(c3ccc(F)cc3)CC2)cc1. The Balaban J connectivity index is 1.35. The average Bonchev–Trinajstić information content (AvgIpc) is 2.65. The number of halogens is 1. The second kappa shape index (κ2) is 8.67. The molecule has 0 unspecified atom stereocenters. The highest BCUT2D eigenvalue weighted by atomic mass is 19.1. The minimum atomic E-state index is -0.206. The first kappa shape index (κ1) is 18.2. The first-order valence-electron chi connectivity index (χ1n) is 8.94. The van der Waals surface area contributed by atoms with E-state index >= 15 is 0 Å². The van der Waals surface area contributed by atoms with E-state index in [1.54, 1.807) is 0 Å². The summed E-state index contributed by atoms with van der Waals surface area (Å²) in [5, 5.41) is 5.73. The normalized spacial score (nSPS) is 14.9. The van der Waals surface area contributed by atoms with Crippen LogP contribution in [0.1, 0.15) is 5.56 Å². The van der Waals surface area contributed by atoms with E-state index in [9.17, 15) is 9.18 Å². The first-order valence-corrected chi connectivity index (χ1v) is 8.94. The molecule has 0 radical (unpaired) electrons. The van der Waals surface area contributed by atoms with E-state index in [-0.39, 0.29) is 11.8 Å². The summed E-state index contributed by atoms with van der Waals surface area (Å²) in [6.45, 7) is 7.10. The number of urea groups is 1. The number of amides is 2. The molecule has 1 aliphatic rings. The standard InChI is InChI=1S/C20H25FN4O/c1-16-2-6-18(7-3-16)23-20(26)22-10-11-24-12-14-25(15-13-24)19-8-4-17(21)5-9-19/h2-9H,10-15H2,1H3,(H2,22,23,26). The number of nitrogens with one attached hydrogen (secondary N) is 2. The Hall–Kier alpha value is -2.60. The lowest BCUT2D eigenvalue weighted by atomic mass is 10.2. The zero-order valence-electron chi connectivity index (χ0n) is 15.0. The van der Waals surface area contributed by atoms with Gasteiger partial charge in [-0.1, -0.05) is 17.7 Å². The van der Waals surface area contributed by atoms with Crippen molar-refractivity contribution < 1.29 is 9.18 Å². The molecule has 0 aromatic heterocycles. The molecule has 5 nitrogen and oxygen atoms in total. The number of piperazine rings is 1. The maximum absolute atomic E-state index is 13.0. The molecular formula is C20H25FN4O. The smallest absolute Gasteiger partial charge is 0.319 e. The number of carbonyl (C=O) groups is 1. The molecular weight excluding hydrogens is 331 g/mol. The van der Waals surface area contributed by atoms with Gasteiger partial charge in [0.1, 0.15) is 5.82 Å². The number of hydrogen-bond acceptors (Lipinski definition) is 3. The fraction of sp³-hybridized carbons (Fsp3) is 0.350. The average molecular weight is 356 g/mol. The molecule has 0 saturated carbocycles. The molecule has 0 spiro atoms. The number of nitrogens with zero attached hydrogens (tertiary/aromatic N) is 2. The van der Waals surface area contributed by atoms with Gasteiger partial charge in [-0.05, 0) is 43.3 Å². The summed E-state index contributed by atoms with van der Waals surface area (Å²) in [6, 6.07) is 14.2. The molecule has 1 saturated heterocycles. The summed E-state index contributed by atoms with van der Waals surface area (Å²) in [6.07, 6.45) is 0. The molecule has 2 aromatic carbocycles. The quantitative estimate of drug-likeness (QED) is 0.866. The van der Waals surface area contributed by atoms with Crippen molar-refractivity contribution in [2.75, 3.05) is 49.5 Å². The second-order valence-electron chi connectivity index (χ2n) is 6.55. The summed E-state index contributed by atoms with van der Waals surface area (Å²) >= 11 is 0. The third-order valence-corrected chi connectivity index (χ3v) is 4.59. The van der Waals surface area contributed by atoms with E-state index < -0.39 is 0 Å². The number of hydrogen-bond donors (Lipinski definition) is 2. The number of anilines is 2. The van der Waals surface area contributed by atoms with Gasteiger partial charge in [-0.3, -0.25) is 4.90 Å². The summed E-state index contributed by atoms with van der Waals surface area (Å²) in [7, 11) is 0. The van der Waals surface area contributed by atoms with Crippen molar-refractivity contribution in [2.45, 2.75) is 6.92 Å². The Morgan fingerprint density at radius 3 is 2.31 bits per heavy atom. The molecule has 1 heterocycles. The van der Waals surface area contributed by atoms with Crippen LogP contribution in [0.15, 0.2) is 48.5 Å². The van der Waals surface area contributed by atoms with Crippen molar-refractivity contribution in [3.8, 4) is 0 Å². The van der Waals surface area contributed by atoms with Gasteiger partial charge in [0.05, 0.1) is 0 Å².